The van der Waals surface area contributed by atoms with Crippen molar-refractivity contribution in [2.24, 2.45) is 0 Å². The fraction of sp³-hybridized carbons (Fsp3) is 0.438. The lowest BCUT2D eigenvalue weighted by Gasteiger charge is -2.35. The summed E-state index contributed by atoms with van der Waals surface area (Å²) in [6.45, 7) is 0.671. The number of carbonyl (C=O) groups is 2. The molecule has 2 heterocycles. The third-order valence-corrected chi connectivity index (χ3v) is 4.25. The zero-order valence-electron chi connectivity index (χ0n) is 12.3. The zero-order chi connectivity index (χ0) is 15.5. The van der Waals surface area contributed by atoms with Crippen molar-refractivity contribution >= 4 is 22.8 Å². The molecule has 1 fully saturated rings. The minimum Gasteiger partial charge on any atom is -0.481 e. The number of piperidine rings is 1. The Morgan fingerprint density at radius 3 is 2.95 bits per heavy atom. The second kappa shape index (κ2) is 6.17. The average molecular weight is 301 g/mol. The highest BCUT2D eigenvalue weighted by Gasteiger charge is 2.29. The maximum Gasteiger partial charge on any atom is 0.303 e. The van der Waals surface area contributed by atoms with Gasteiger partial charge in [-0.05, 0) is 31.7 Å². The normalized spacial score (nSPS) is 18.5. The molecule has 1 amide bonds. The lowest BCUT2D eigenvalue weighted by molar-refractivity contribution is -0.137. The molecule has 1 saturated heterocycles. The summed E-state index contributed by atoms with van der Waals surface area (Å²) < 4.78 is 0. The quantitative estimate of drug-likeness (QED) is 0.908. The van der Waals surface area contributed by atoms with E-state index in [4.69, 9.17) is 5.11 Å². The third-order valence-electron chi connectivity index (χ3n) is 4.25. The van der Waals surface area contributed by atoms with Crippen LogP contribution >= 0.6 is 0 Å². The van der Waals surface area contributed by atoms with Gasteiger partial charge in [-0.2, -0.15) is 5.10 Å². The molecule has 0 unspecified atom stereocenters. The molecule has 0 aliphatic carbocycles. The second-order valence-electron chi connectivity index (χ2n) is 5.70. The summed E-state index contributed by atoms with van der Waals surface area (Å²) >= 11 is 0. The summed E-state index contributed by atoms with van der Waals surface area (Å²) in [7, 11) is 0. The van der Waals surface area contributed by atoms with Crippen LogP contribution in [-0.4, -0.2) is 44.7 Å². The molecule has 3 rings (SSSR count). The Morgan fingerprint density at radius 2 is 2.14 bits per heavy atom. The number of carboxylic acid groups (broad SMARTS) is 1. The molecule has 6 heteroatoms. The number of rotatable bonds is 4. The molecule has 1 aliphatic rings. The topological polar surface area (TPSA) is 86.3 Å². The number of carboxylic acids is 1. The van der Waals surface area contributed by atoms with Crippen LogP contribution in [0.1, 0.15) is 42.6 Å². The van der Waals surface area contributed by atoms with E-state index in [9.17, 15) is 9.59 Å². The van der Waals surface area contributed by atoms with Gasteiger partial charge in [0.1, 0.15) is 0 Å². The molecule has 0 bridgehead atoms. The predicted molar refractivity (Wildman–Crippen MR) is 81.6 cm³/mol. The SMILES string of the molecule is O=C(O)CC[C@H]1CCCCN1C(=O)c1n[nH]c2ccccc12. The molecule has 2 N–H and O–H groups in total. The van der Waals surface area contributed by atoms with E-state index in [0.717, 1.165) is 30.2 Å². The van der Waals surface area contributed by atoms with Crippen LogP contribution in [0.2, 0.25) is 0 Å². The molecule has 6 nitrogen and oxygen atoms in total. The van der Waals surface area contributed by atoms with E-state index in [0.29, 0.717) is 18.7 Å². The molecule has 1 aromatic heterocycles. The Labute approximate surface area is 128 Å². The van der Waals surface area contributed by atoms with Gasteiger partial charge >= 0.3 is 5.97 Å². The van der Waals surface area contributed by atoms with E-state index in [1.165, 1.54) is 0 Å². The van der Waals surface area contributed by atoms with Crippen molar-refractivity contribution in [1.29, 1.82) is 0 Å². The summed E-state index contributed by atoms with van der Waals surface area (Å²) in [5, 5.41) is 16.7. The van der Waals surface area contributed by atoms with Crippen molar-refractivity contribution < 1.29 is 14.7 Å². The fourth-order valence-corrected chi connectivity index (χ4v) is 3.12. The number of para-hydroxylation sites is 1. The standard InChI is InChI=1S/C16H19N3O3/c20-14(21)9-8-11-5-3-4-10-19(11)16(22)15-12-6-1-2-7-13(12)17-18-15/h1-2,6-7,11H,3-5,8-10H2,(H,17,18)(H,20,21)/t11-/m1/s1. The molecule has 0 radical (unpaired) electrons. The lowest BCUT2D eigenvalue weighted by atomic mass is 9.97. The first kappa shape index (κ1) is 14.6. The van der Waals surface area contributed by atoms with Crippen LogP contribution in [0.4, 0.5) is 0 Å². The summed E-state index contributed by atoms with van der Waals surface area (Å²) in [4.78, 5) is 25.4. The minimum atomic E-state index is -0.816. The third kappa shape index (κ3) is 2.81. The predicted octanol–water partition coefficient (Wildman–Crippen LogP) is 2.42. The number of fused-ring (bicyclic) bond motifs is 1. The van der Waals surface area contributed by atoms with Gasteiger partial charge in [0, 0.05) is 24.4 Å². The summed E-state index contributed by atoms with van der Waals surface area (Å²) in [6, 6.07) is 7.53. The number of aliphatic carboxylic acids is 1. The van der Waals surface area contributed by atoms with Crippen LogP contribution in [0.3, 0.4) is 0 Å². The van der Waals surface area contributed by atoms with E-state index in [-0.39, 0.29) is 18.4 Å². The van der Waals surface area contributed by atoms with Crippen LogP contribution in [0.5, 0.6) is 0 Å². The molecule has 1 aromatic carbocycles. The van der Waals surface area contributed by atoms with Crippen molar-refractivity contribution in [2.75, 3.05) is 6.54 Å². The van der Waals surface area contributed by atoms with Crippen LogP contribution in [0.15, 0.2) is 24.3 Å². The van der Waals surface area contributed by atoms with Crippen molar-refractivity contribution in [3.8, 4) is 0 Å². The Bertz CT molecular complexity index is 695. The van der Waals surface area contributed by atoms with Crippen LogP contribution in [0.25, 0.3) is 10.9 Å². The number of amides is 1. The van der Waals surface area contributed by atoms with E-state index < -0.39 is 5.97 Å². The van der Waals surface area contributed by atoms with Crippen LogP contribution < -0.4 is 0 Å². The van der Waals surface area contributed by atoms with Crippen LogP contribution in [0, 0.1) is 0 Å². The number of likely N-dealkylation sites (tertiary alicyclic amines) is 1. The Balaban J connectivity index is 1.83. The number of nitrogens with zero attached hydrogens (tertiary/aromatic N) is 2. The smallest absolute Gasteiger partial charge is 0.303 e. The van der Waals surface area contributed by atoms with Gasteiger partial charge < -0.3 is 10.0 Å². The van der Waals surface area contributed by atoms with Crippen LogP contribution in [-0.2, 0) is 4.79 Å². The number of carbonyl (C=O) groups excluding carboxylic acids is 1. The van der Waals surface area contributed by atoms with Gasteiger partial charge in [-0.25, -0.2) is 0 Å². The summed E-state index contributed by atoms with van der Waals surface area (Å²) in [5.74, 6) is -0.921. The van der Waals surface area contributed by atoms with Gasteiger partial charge in [0.15, 0.2) is 5.69 Å². The molecular weight excluding hydrogens is 282 g/mol. The maximum atomic E-state index is 12.8. The maximum absolute atomic E-state index is 12.8. The van der Waals surface area contributed by atoms with Crippen molar-refractivity contribution in [1.82, 2.24) is 15.1 Å². The highest BCUT2D eigenvalue weighted by Crippen LogP contribution is 2.25. The number of hydrogen-bond donors (Lipinski definition) is 2. The molecule has 0 spiro atoms. The Hall–Kier alpha value is -2.37. The first-order valence-corrected chi connectivity index (χ1v) is 7.62. The highest BCUT2D eigenvalue weighted by molar-refractivity contribution is 6.04. The molecule has 1 atom stereocenters. The highest BCUT2D eigenvalue weighted by atomic mass is 16.4. The number of benzene rings is 1. The molecule has 2 aromatic rings. The number of hydrogen-bond acceptors (Lipinski definition) is 3. The van der Waals surface area contributed by atoms with E-state index in [1.54, 1.807) is 4.90 Å². The summed E-state index contributed by atoms with van der Waals surface area (Å²) in [5.41, 5.74) is 1.27. The average Bonchev–Trinajstić information content (AvgIpc) is 2.96. The Kier molecular flexibility index (Phi) is 4.09. The van der Waals surface area contributed by atoms with E-state index in [2.05, 4.69) is 10.2 Å². The van der Waals surface area contributed by atoms with Crippen molar-refractivity contribution in [3.05, 3.63) is 30.0 Å². The van der Waals surface area contributed by atoms with Crippen molar-refractivity contribution in [2.45, 2.75) is 38.1 Å². The number of H-pyrrole nitrogens is 1. The molecular formula is C16H19N3O3. The number of aromatic amines is 1. The Morgan fingerprint density at radius 1 is 1.32 bits per heavy atom. The molecule has 116 valence electrons. The molecule has 1 aliphatic heterocycles. The van der Waals surface area contributed by atoms with Gasteiger partial charge in [-0.1, -0.05) is 18.2 Å². The molecule has 0 saturated carbocycles. The first-order valence-electron chi connectivity index (χ1n) is 7.62. The minimum absolute atomic E-state index is 0.00666. The van der Waals surface area contributed by atoms with Gasteiger partial charge in [0.05, 0.1) is 5.52 Å². The van der Waals surface area contributed by atoms with E-state index >= 15 is 0 Å². The molecule has 22 heavy (non-hydrogen) atoms. The van der Waals surface area contributed by atoms with Crippen molar-refractivity contribution in [3.63, 3.8) is 0 Å². The van der Waals surface area contributed by atoms with Gasteiger partial charge in [-0.15, -0.1) is 0 Å². The summed E-state index contributed by atoms with van der Waals surface area (Å²) in [6.07, 6.45) is 3.45. The number of nitrogens with one attached hydrogen (secondary N) is 1. The second-order valence-corrected chi connectivity index (χ2v) is 5.70. The first-order chi connectivity index (χ1) is 10.7. The largest absolute Gasteiger partial charge is 0.481 e. The monoisotopic (exact) mass is 301 g/mol. The number of aromatic nitrogens is 2. The fourth-order valence-electron chi connectivity index (χ4n) is 3.12. The van der Waals surface area contributed by atoms with Gasteiger partial charge in [-0.3, -0.25) is 14.7 Å². The van der Waals surface area contributed by atoms with Gasteiger partial charge in [0.25, 0.3) is 5.91 Å². The zero-order valence-corrected chi connectivity index (χ0v) is 12.3. The van der Waals surface area contributed by atoms with E-state index in [1.807, 2.05) is 24.3 Å². The van der Waals surface area contributed by atoms with Gasteiger partial charge in [0.2, 0.25) is 0 Å². The lowest BCUT2D eigenvalue weighted by Crippen LogP contribution is -2.44.